The molecular weight excluding hydrogens is 508 g/mol. The lowest BCUT2D eigenvalue weighted by molar-refractivity contribution is -0.139. The molecule has 0 spiro atoms. The van der Waals surface area contributed by atoms with Crippen LogP contribution in [-0.2, 0) is 26.0 Å². The summed E-state index contributed by atoms with van der Waals surface area (Å²) in [6.07, 6.45) is 1.96. The molecule has 10 heteroatoms. The Morgan fingerprint density at radius 2 is 1.71 bits per heavy atom. The number of aryl methyl sites for hydroxylation is 1. The normalized spacial score (nSPS) is 12.4. The Balaban J connectivity index is 1.26. The van der Waals surface area contributed by atoms with Crippen LogP contribution in [0, 0.1) is 0 Å². The molecular formula is C28H30N2O7S. The van der Waals surface area contributed by atoms with Crippen molar-refractivity contribution in [1.82, 2.24) is 10.0 Å². The standard InChI is InChI=1S/C28H30N2O7S/c1-36-20-12-9-19(10-13-20)11-16-27(31)29-17-5-4-7-24(28(32)33)30-38(34,35)21-14-15-26-23(18-21)22-6-2-3-8-25(22)37-26/h2-3,6,8-10,12-15,18,24,30H,4-5,7,11,16-17H2,1H3,(H,29,31)(H,32,33). The van der Waals surface area contributed by atoms with Gasteiger partial charge in [0.1, 0.15) is 23.0 Å². The van der Waals surface area contributed by atoms with Crippen molar-refractivity contribution in [2.45, 2.75) is 43.0 Å². The van der Waals surface area contributed by atoms with E-state index in [1.165, 1.54) is 12.1 Å². The van der Waals surface area contributed by atoms with E-state index in [0.717, 1.165) is 16.7 Å². The molecule has 1 unspecified atom stereocenters. The number of carbonyl (C=O) groups is 2. The summed E-state index contributed by atoms with van der Waals surface area (Å²) in [4.78, 5) is 23.8. The molecule has 4 rings (SSSR count). The van der Waals surface area contributed by atoms with Crippen LogP contribution in [0.5, 0.6) is 5.75 Å². The number of carbonyl (C=O) groups excluding carboxylic acids is 1. The van der Waals surface area contributed by atoms with E-state index in [9.17, 15) is 23.1 Å². The first-order chi connectivity index (χ1) is 18.3. The van der Waals surface area contributed by atoms with Gasteiger partial charge in [-0.25, -0.2) is 8.42 Å². The van der Waals surface area contributed by atoms with Crippen LogP contribution in [0.2, 0.25) is 0 Å². The van der Waals surface area contributed by atoms with E-state index >= 15 is 0 Å². The third-order valence-corrected chi connectivity index (χ3v) is 7.76. The molecule has 1 heterocycles. The van der Waals surface area contributed by atoms with Gasteiger partial charge in [0.2, 0.25) is 15.9 Å². The van der Waals surface area contributed by atoms with E-state index in [0.29, 0.717) is 48.8 Å². The highest BCUT2D eigenvalue weighted by molar-refractivity contribution is 7.89. The van der Waals surface area contributed by atoms with Crippen molar-refractivity contribution >= 4 is 43.8 Å². The Hall–Kier alpha value is -3.89. The zero-order valence-corrected chi connectivity index (χ0v) is 21.8. The predicted molar refractivity (Wildman–Crippen MR) is 144 cm³/mol. The number of carboxylic acid groups (broad SMARTS) is 1. The van der Waals surface area contributed by atoms with Gasteiger partial charge in [-0.05, 0) is 67.6 Å². The topological polar surface area (TPSA) is 135 Å². The number of sulfonamides is 1. The molecule has 3 N–H and O–H groups in total. The predicted octanol–water partition coefficient (Wildman–Crippen LogP) is 4.25. The number of hydrogen-bond acceptors (Lipinski definition) is 6. The molecule has 0 aliphatic heterocycles. The average Bonchev–Trinajstić information content (AvgIpc) is 3.29. The molecule has 0 aliphatic carbocycles. The first-order valence-electron chi connectivity index (χ1n) is 12.3. The number of carboxylic acids is 1. The number of nitrogens with one attached hydrogen (secondary N) is 2. The number of furan rings is 1. The summed E-state index contributed by atoms with van der Waals surface area (Å²) in [7, 11) is -2.49. The highest BCUT2D eigenvalue weighted by Gasteiger charge is 2.25. The number of rotatable bonds is 13. The smallest absolute Gasteiger partial charge is 0.321 e. The first kappa shape index (κ1) is 27.2. The number of unbranched alkanes of at least 4 members (excludes halogenated alkanes) is 1. The Kier molecular flexibility index (Phi) is 8.65. The van der Waals surface area contributed by atoms with E-state index in [2.05, 4.69) is 10.0 Å². The third kappa shape index (κ3) is 6.70. The minimum absolute atomic E-state index is 0.0353. The van der Waals surface area contributed by atoms with Crippen molar-refractivity contribution in [3.63, 3.8) is 0 Å². The first-order valence-corrected chi connectivity index (χ1v) is 13.8. The molecule has 0 saturated carbocycles. The molecule has 1 aromatic heterocycles. The number of aliphatic carboxylic acids is 1. The molecule has 0 bridgehead atoms. The molecule has 38 heavy (non-hydrogen) atoms. The van der Waals surface area contributed by atoms with Crippen LogP contribution in [0.25, 0.3) is 21.9 Å². The van der Waals surface area contributed by atoms with Gasteiger partial charge in [0, 0.05) is 23.7 Å². The van der Waals surface area contributed by atoms with Gasteiger partial charge in [0.05, 0.1) is 12.0 Å². The lowest BCUT2D eigenvalue weighted by atomic mass is 10.1. The quantitative estimate of drug-likeness (QED) is 0.217. The second-order valence-corrected chi connectivity index (χ2v) is 10.7. The summed E-state index contributed by atoms with van der Waals surface area (Å²) in [5.74, 6) is -0.599. The van der Waals surface area contributed by atoms with Gasteiger partial charge in [0.15, 0.2) is 0 Å². The van der Waals surface area contributed by atoms with Crippen LogP contribution in [0.15, 0.2) is 76.0 Å². The van der Waals surface area contributed by atoms with Crippen LogP contribution in [-0.4, -0.2) is 45.1 Å². The second-order valence-electron chi connectivity index (χ2n) is 8.96. The molecule has 4 aromatic rings. The summed E-state index contributed by atoms with van der Waals surface area (Å²) < 4.78 is 39.1. The fourth-order valence-corrected chi connectivity index (χ4v) is 5.45. The number of hydrogen-bond donors (Lipinski definition) is 3. The van der Waals surface area contributed by atoms with E-state index in [1.54, 1.807) is 19.2 Å². The Labute approximate surface area is 220 Å². The Morgan fingerprint density at radius 1 is 0.974 bits per heavy atom. The van der Waals surface area contributed by atoms with Gasteiger partial charge in [-0.15, -0.1) is 0 Å². The maximum absolute atomic E-state index is 13.0. The number of benzene rings is 3. The third-order valence-electron chi connectivity index (χ3n) is 6.30. The monoisotopic (exact) mass is 538 g/mol. The molecule has 0 fully saturated rings. The molecule has 3 aromatic carbocycles. The van der Waals surface area contributed by atoms with E-state index in [4.69, 9.17) is 9.15 Å². The van der Waals surface area contributed by atoms with Gasteiger partial charge in [-0.2, -0.15) is 4.72 Å². The fourth-order valence-electron chi connectivity index (χ4n) is 4.20. The van der Waals surface area contributed by atoms with Crippen LogP contribution >= 0.6 is 0 Å². The van der Waals surface area contributed by atoms with E-state index < -0.39 is 22.0 Å². The number of amides is 1. The highest BCUT2D eigenvalue weighted by atomic mass is 32.2. The van der Waals surface area contributed by atoms with Crippen molar-refractivity contribution in [3.05, 3.63) is 72.3 Å². The number of fused-ring (bicyclic) bond motifs is 3. The maximum atomic E-state index is 13.0. The lowest BCUT2D eigenvalue weighted by Gasteiger charge is -2.15. The van der Waals surface area contributed by atoms with Gasteiger partial charge in [0.25, 0.3) is 0 Å². The summed E-state index contributed by atoms with van der Waals surface area (Å²) in [6.45, 7) is 0.380. The van der Waals surface area contributed by atoms with Crippen LogP contribution in [0.1, 0.15) is 31.2 Å². The fraction of sp³-hybridized carbons (Fsp3) is 0.286. The zero-order valence-electron chi connectivity index (χ0n) is 21.0. The molecule has 1 amide bonds. The Bertz CT molecular complexity index is 1530. The molecule has 0 saturated heterocycles. The van der Waals surface area contributed by atoms with Crippen molar-refractivity contribution in [2.24, 2.45) is 0 Å². The second kappa shape index (κ2) is 12.1. The summed E-state index contributed by atoms with van der Waals surface area (Å²) in [5.41, 5.74) is 2.21. The van der Waals surface area contributed by atoms with Crippen molar-refractivity contribution in [1.29, 1.82) is 0 Å². The average molecular weight is 539 g/mol. The van der Waals surface area contributed by atoms with Crippen molar-refractivity contribution in [3.8, 4) is 5.75 Å². The maximum Gasteiger partial charge on any atom is 0.321 e. The Morgan fingerprint density at radius 3 is 2.45 bits per heavy atom. The molecule has 1 atom stereocenters. The summed E-state index contributed by atoms with van der Waals surface area (Å²) in [5, 5.41) is 13.8. The zero-order chi connectivity index (χ0) is 27.1. The van der Waals surface area contributed by atoms with Crippen molar-refractivity contribution < 1.29 is 32.3 Å². The van der Waals surface area contributed by atoms with Crippen molar-refractivity contribution in [2.75, 3.05) is 13.7 Å². The number of methoxy groups -OCH3 is 1. The van der Waals surface area contributed by atoms with Gasteiger partial charge >= 0.3 is 5.97 Å². The number of para-hydroxylation sites is 1. The summed E-state index contributed by atoms with van der Waals surface area (Å²) in [6, 6.07) is 18.0. The van der Waals surface area contributed by atoms with E-state index in [-0.39, 0.29) is 17.2 Å². The number of ether oxygens (including phenoxy) is 1. The van der Waals surface area contributed by atoms with Crippen LogP contribution in [0.3, 0.4) is 0 Å². The van der Waals surface area contributed by atoms with E-state index in [1.807, 2.05) is 42.5 Å². The minimum Gasteiger partial charge on any atom is -0.497 e. The summed E-state index contributed by atoms with van der Waals surface area (Å²) >= 11 is 0. The largest absolute Gasteiger partial charge is 0.497 e. The van der Waals surface area contributed by atoms with Gasteiger partial charge in [-0.3, -0.25) is 9.59 Å². The molecule has 0 aliphatic rings. The highest BCUT2D eigenvalue weighted by Crippen LogP contribution is 2.30. The SMILES string of the molecule is COc1ccc(CCC(=O)NCCCCC(NS(=O)(=O)c2ccc3oc4ccccc4c3c2)C(=O)O)cc1. The van der Waals surface area contributed by atoms with Gasteiger partial charge in [-0.1, -0.05) is 30.3 Å². The molecule has 0 radical (unpaired) electrons. The molecule has 200 valence electrons. The minimum atomic E-state index is -4.09. The molecule has 9 nitrogen and oxygen atoms in total. The van der Waals surface area contributed by atoms with Crippen LogP contribution in [0.4, 0.5) is 0 Å². The van der Waals surface area contributed by atoms with Crippen LogP contribution < -0.4 is 14.8 Å². The van der Waals surface area contributed by atoms with Gasteiger partial charge < -0.3 is 19.6 Å². The lowest BCUT2D eigenvalue weighted by Crippen LogP contribution is -2.40.